The van der Waals surface area contributed by atoms with Crippen LogP contribution in [0.2, 0.25) is 0 Å². The maximum absolute atomic E-state index is 12.3. The molecule has 22 heavy (non-hydrogen) atoms. The van der Waals surface area contributed by atoms with E-state index in [2.05, 4.69) is 31.9 Å². The van der Waals surface area contributed by atoms with E-state index in [0.29, 0.717) is 13.0 Å². The number of pyridine rings is 1. The van der Waals surface area contributed by atoms with E-state index in [1.165, 1.54) is 5.69 Å². The van der Waals surface area contributed by atoms with Gasteiger partial charge in [-0.3, -0.25) is 4.79 Å². The molecule has 0 bridgehead atoms. The summed E-state index contributed by atoms with van der Waals surface area (Å²) in [7, 11) is 0. The standard InChI is InChI=1S/C16H21N5O/c17-6-1-14(22)21-10-9-20(11-16(21)4-5-16)13-3-8-19-15-12(13)2-7-18-15/h2-3,7-8H,1,4-6,9-11,17H2,(H,18,19). The quantitative estimate of drug-likeness (QED) is 0.889. The Morgan fingerprint density at radius 3 is 3.00 bits per heavy atom. The van der Waals surface area contributed by atoms with Crippen LogP contribution in [-0.4, -0.2) is 52.5 Å². The van der Waals surface area contributed by atoms with E-state index in [1.807, 2.05) is 12.4 Å². The number of amides is 1. The van der Waals surface area contributed by atoms with Crippen LogP contribution in [0, 0.1) is 0 Å². The molecule has 0 atom stereocenters. The van der Waals surface area contributed by atoms with Crippen LogP contribution in [0.15, 0.2) is 24.5 Å². The van der Waals surface area contributed by atoms with Gasteiger partial charge in [0.05, 0.1) is 5.54 Å². The SMILES string of the molecule is NCCC(=O)N1CCN(c2ccnc3[nH]ccc23)CC12CC2. The summed E-state index contributed by atoms with van der Waals surface area (Å²) in [6.45, 7) is 2.99. The number of carbonyl (C=O) groups is 1. The molecular weight excluding hydrogens is 278 g/mol. The molecule has 6 nitrogen and oxygen atoms in total. The number of H-pyrrole nitrogens is 1. The second kappa shape index (κ2) is 4.98. The van der Waals surface area contributed by atoms with Gasteiger partial charge >= 0.3 is 0 Å². The van der Waals surface area contributed by atoms with Gasteiger partial charge < -0.3 is 20.5 Å². The minimum atomic E-state index is 0.0381. The van der Waals surface area contributed by atoms with Gasteiger partial charge in [0.2, 0.25) is 5.91 Å². The summed E-state index contributed by atoms with van der Waals surface area (Å²) in [4.78, 5) is 24.3. The number of aromatic amines is 1. The molecule has 1 aliphatic carbocycles. The average Bonchev–Trinajstić information content (AvgIpc) is 3.11. The molecule has 1 aliphatic heterocycles. The zero-order valence-electron chi connectivity index (χ0n) is 12.6. The Bertz CT molecular complexity index is 705. The van der Waals surface area contributed by atoms with Crippen LogP contribution < -0.4 is 10.6 Å². The van der Waals surface area contributed by atoms with Crippen molar-refractivity contribution in [3.8, 4) is 0 Å². The van der Waals surface area contributed by atoms with Crippen molar-refractivity contribution >= 4 is 22.6 Å². The van der Waals surface area contributed by atoms with E-state index in [9.17, 15) is 4.79 Å². The summed E-state index contributed by atoms with van der Waals surface area (Å²) in [6.07, 6.45) is 6.43. The lowest BCUT2D eigenvalue weighted by atomic mass is 10.1. The number of fused-ring (bicyclic) bond motifs is 1. The Labute approximate surface area is 129 Å². The molecule has 1 spiro atoms. The summed E-state index contributed by atoms with van der Waals surface area (Å²) >= 11 is 0. The zero-order valence-corrected chi connectivity index (χ0v) is 12.6. The van der Waals surface area contributed by atoms with Gasteiger partial charge in [0.15, 0.2) is 0 Å². The third-order valence-electron chi connectivity index (χ3n) is 4.92. The molecule has 0 radical (unpaired) electrons. The van der Waals surface area contributed by atoms with E-state index >= 15 is 0 Å². The third-order valence-corrected chi connectivity index (χ3v) is 4.92. The highest BCUT2D eigenvalue weighted by atomic mass is 16.2. The molecule has 2 fully saturated rings. The lowest BCUT2D eigenvalue weighted by Gasteiger charge is -2.43. The van der Waals surface area contributed by atoms with Gasteiger partial charge in [-0.25, -0.2) is 4.98 Å². The second-order valence-corrected chi connectivity index (χ2v) is 6.30. The zero-order chi connectivity index (χ0) is 15.2. The molecule has 1 amide bonds. The summed E-state index contributed by atoms with van der Waals surface area (Å²) in [5.41, 5.74) is 7.72. The van der Waals surface area contributed by atoms with Crippen LogP contribution in [-0.2, 0) is 4.79 Å². The number of nitrogens with one attached hydrogen (secondary N) is 1. The number of piperazine rings is 1. The fraction of sp³-hybridized carbons (Fsp3) is 0.500. The average molecular weight is 299 g/mol. The first-order chi connectivity index (χ1) is 10.7. The number of nitrogens with zero attached hydrogens (tertiary/aromatic N) is 3. The first-order valence-electron chi connectivity index (χ1n) is 7.91. The smallest absolute Gasteiger partial charge is 0.224 e. The molecule has 3 heterocycles. The maximum atomic E-state index is 12.3. The van der Waals surface area contributed by atoms with Gasteiger partial charge in [-0.2, -0.15) is 0 Å². The number of hydrogen-bond acceptors (Lipinski definition) is 4. The van der Waals surface area contributed by atoms with E-state index in [-0.39, 0.29) is 11.4 Å². The first-order valence-corrected chi connectivity index (χ1v) is 7.91. The molecular formula is C16H21N5O. The lowest BCUT2D eigenvalue weighted by Crippen LogP contribution is -2.57. The number of carbonyl (C=O) groups excluding carboxylic acids is 1. The third kappa shape index (κ3) is 2.06. The Morgan fingerprint density at radius 1 is 1.36 bits per heavy atom. The molecule has 6 heteroatoms. The van der Waals surface area contributed by atoms with Crippen molar-refractivity contribution in [1.29, 1.82) is 0 Å². The molecule has 1 saturated carbocycles. The molecule has 1 saturated heterocycles. The summed E-state index contributed by atoms with van der Waals surface area (Å²) in [5.74, 6) is 0.209. The highest BCUT2D eigenvalue weighted by Gasteiger charge is 2.53. The van der Waals surface area contributed by atoms with Crippen LogP contribution >= 0.6 is 0 Å². The van der Waals surface area contributed by atoms with Crippen molar-refractivity contribution in [3.63, 3.8) is 0 Å². The minimum absolute atomic E-state index is 0.0381. The van der Waals surface area contributed by atoms with Crippen LogP contribution in [0.3, 0.4) is 0 Å². The number of rotatable bonds is 3. The van der Waals surface area contributed by atoms with Crippen LogP contribution in [0.5, 0.6) is 0 Å². The topological polar surface area (TPSA) is 78.2 Å². The Hall–Kier alpha value is -2.08. The van der Waals surface area contributed by atoms with Crippen LogP contribution in [0.25, 0.3) is 11.0 Å². The minimum Gasteiger partial charge on any atom is -0.367 e. The van der Waals surface area contributed by atoms with Crippen LogP contribution in [0.4, 0.5) is 5.69 Å². The van der Waals surface area contributed by atoms with E-state index in [4.69, 9.17) is 5.73 Å². The predicted octanol–water partition coefficient (Wildman–Crippen LogP) is 1.09. The highest BCUT2D eigenvalue weighted by molar-refractivity contribution is 5.90. The molecule has 2 aliphatic rings. The predicted molar refractivity (Wildman–Crippen MR) is 85.7 cm³/mol. The van der Waals surface area contributed by atoms with Gasteiger partial charge in [0, 0.05) is 56.1 Å². The van der Waals surface area contributed by atoms with E-state index in [1.54, 1.807) is 0 Å². The molecule has 0 aromatic carbocycles. The van der Waals surface area contributed by atoms with Crippen molar-refractivity contribution in [1.82, 2.24) is 14.9 Å². The number of hydrogen-bond donors (Lipinski definition) is 2. The molecule has 4 rings (SSSR count). The van der Waals surface area contributed by atoms with Crippen molar-refractivity contribution in [2.45, 2.75) is 24.8 Å². The second-order valence-electron chi connectivity index (χ2n) is 6.30. The van der Waals surface area contributed by atoms with E-state index in [0.717, 1.165) is 43.5 Å². The van der Waals surface area contributed by atoms with Gasteiger partial charge in [0.25, 0.3) is 0 Å². The largest absolute Gasteiger partial charge is 0.367 e. The highest BCUT2D eigenvalue weighted by Crippen LogP contribution is 2.45. The first kappa shape index (κ1) is 13.6. The number of aromatic nitrogens is 2. The Balaban J connectivity index is 1.60. The van der Waals surface area contributed by atoms with Gasteiger partial charge in [-0.05, 0) is 25.0 Å². The fourth-order valence-corrected chi connectivity index (χ4v) is 3.63. The van der Waals surface area contributed by atoms with Gasteiger partial charge in [0.1, 0.15) is 5.65 Å². The molecule has 0 unspecified atom stereocenters. The Kier molecular flexibility index (Phi) is 3.07. The van der Waals surface area contributed by atoms with Crippen molar-refractivity contribution in [2.24, 2.45) is 5.73 Å². The molecule has 116 valence electrons. The van der Waals surface area contributed by atoms with Crippen LogP contribution in [0.1, 0.15) is 19.3 Å². The van der Waals surface area contributed by atoms with Gasteiger partial charge in [-0.1, -0.05) is 0 Å². The maximum Gasteiger partial charge on any atom is 0.224 e. The molecule has 2 aromatic heterocycles. The van der Waals surface area contributed by atoms with E-state index < -0.39 is 0 Å². The fourth-order valence-electron chi connectivity index (χ4n) is 3.63. The van der Waals surface area contributed by atoms with Crippen molar-refractivity contribution in [3.05, 3.63) is 24.5 Å². The summed E-state index contributed by atoms with van der Waals surface area (Å²) < 4.78 is 0. The summed E-state index contributed by atoms with van der Waals surface area (Å²) in [5, 5.41) is 1.15. The monoisotopic (exact) mass is 299 g/mol. The molecule has 3 N–H and O–H groups in total. The molecule has 2 aromatic rings. The van der Waals surface area contributed by atoms with Gasteiger partial charge in [-0.15, -0.1) is 0 Å². The Morgan fingerprint density at radius 2 is 2.23 bits per heavy atom. The van der Waals surface area contributed by atoms with Crippen molar-refractivity contribution < 1.29 is 4.79 Å². The number of nitrogens with two attached hydrogens (primary N) is 1. The van der Waals surface area contributed by atoms with Crippen molar-refractivity contribution in [2.75, 3.05) is 31.1 Å². The normalized spacial score (nSPS) is 19.9. The lowest BCUT2D eigenvalue weighted by molar-refractivity contribution is -0.134. The summed E-state index contributed by atoms with van der Waals surface area (Å²) in [6, 6.07) is 4.15. The number of anilines is 1.